The van der Waals surface area contributed by atoms with Crippen LogP contribution in [0.15, 0.2) is 15.5 Å². The molecule has 31 heavy (non-hydrogen) atoms. The molecule has 0 unspecified atom stereocenters. The van der Waals surface area contributed by atoms with E-state index in [-0.39, 0.29) is 30.7 Å². The number of anilines is 1. The van der Waals surface area contributed by atoms with Gasteiger partial charge in [-0.25, -0.2) is 4.68 Å². The van der Waals surface area contributed by atoms with E-state index in [0.29, 0.717) is 39.4 Å². The second-order valence-corrected chi connectivity index (χ2v) is 11.5. The summed E-state index contributed by atoms with van der Waals surface area (Å²) in [6, 6.07) is 0.306. The Bertz CT molecular complexity index is 918. The number of nitrogens with one attached hydrogen (secondary N) is 1. The molecule has 0 aliphatic heterocycles. The van der Waals surface area contributed by atoms with E-state index in [9.17, 15) is 14.4 Å². The quantitative estimate of drug-likeness (QED) is 0.570. The maximum atomic E-state index is 12.7. The zero-order chi connectivity index (χ0) is 23.1. The summed E-state index contributed by atoms with van der Waals surface area (Å²) in [7, 11) is 0. The smallest absolute Gasteiger partial charge is 0.306 e. The third-order valence-corrected chi connectivity index (χ3v) is 7.80. The van der Waals surface area contributed by atoms with Crippen molar-refractivity contribution in [3.63, 3.8) is 0 Å². The summed E-state index contributed by atoms with van der Waals surface area (Å²) >= 11 is 3.39. The zero-order valence-electron chi connectivity index (χ0n) is 19.3. The number of ketones is 1. The van der Waals surface area contributed by atoms with Crippen LogP contribution in [-0.2, 0) is 20.9 Å². The van der Waals surface area contributed by atoms with Crippen molar-refractivity contribution in [1.82, 2.24) is 9.78 Å². The van der Waals surface area contributed by atoms with Crippen molar-refractivity contribution in [2.45, 2.75) is 85.4 Å². The number of aromatic nitrogens is 2. The van der Waals surface area contributed by atoms with E-state index in [1.54, 1.807) is 27.0 Å². The van der Waals surface area contributed by atoms with E-state index < -0.39 is 11.6 Å². The van der Waals surface area contributed by atoms with Gasteiger partial charge in [0.2, 0.25) is 0 Å². The van der Waals surface area contributed by atoms with Gasteiger partial charge in [0.1, 0.15) is 16.6 Å². The molecule has 0 spiro atoms. The lowest BCUT2D eigenvalue weighted by molar-refractivity contribution is -0.155. The lowest BCUT2D eigenvalue weighted by atomic mass is 9.45. The predicted molar refractivity (Wildman–Crippen MR) is 123 cm³/mol. The van der Waals surface area contributed by atoms with Gasteiger partial charge < -0.3 is 10.1 Å². The highest BCUT2D eigenvalue weighted by molar-refractivity contribution is 9.10. The molecule has 3 aliphatic rings. The molecule has 1 aromatic rings. The Morgan fingerprint density at radius 2 is 1.97 bits per heavy atom. The van der Waals surface area contributed by atoms with Gasteiger partial charge in [-0.2, -0.15) is 5.10 Å². The Balaban J connectivity index is 1.59. The number of nitrogens with zero attached hydrogens (tertiary/aromatic N) is 2. The second kappa shape index (κ2) is 8.68. The fourth-order valence-electron chi connectivity index (χ4n) is 5.10. The van der Waals surface area contributed by atoms with Crippen molar-refractivity contribution in [2.75, 3.05) is 5.32 Å². The summed E-state index contributed by atoms with van der Waals surface area (Å²) in [4.78, 5) is 36.8. The number of rotatable bonds is 7. The largest absolute Gasteiger partial charge is 0.460 e. The van der Waals surface area contributed by atoms with Gasteiger partial charge in [-0.15, -0.1) is 0 Å². The van der Waals surface area contributed by atoms with Crippen LogP contribution in [-0.4, -0.2) is 33.2 Å². The van der Waals surface area contributed by atoms with E-state index in [0.717, 1.165) is 11.1 Å². The number of fused-ring (bicyclic) bond motifs is 2. The molecule has 7 nitrogen and oxygen atoms in total. The zero-order valence-corrected chi connectivity index (χ0v) is 20.9. The second-order valence-electron chi connectivity index (χ2n) is 10.7. The minimum absolute atomic E-state index is 0.0100. The molecule has 8 heteroatoms. The number of hydrogen-bond acceptors (Lipinski definition) is 6. The van der Waals surface area contributed by atoms with Crippen molar-refractivity contribution in [3.05, 3.63) is 21.0 Å². The summed E-state index contributed by atoms with van der Waals surface area (Å²) in [6.45, 7) is 12.2. The van der Waals surface area contributed by atoms with Gasteiger partial charge in [0.05, 0.1) is 18.3 Å². The van der Waals surface area contributed by atoms with Crippen LogP contribution in [0.25, 0.3) is 0 Å². The van der Waals surface area contributed by atoms with Crippen LogP contribution in [0.3, 0.4) is 0 Å². The minimum atomic E-state index is -0.585. The molecule has 4 atom stereocenters. The Kier molecular flexibility index (Phi) is 6.71. The van der Waals surface area contributed by atoms with Gasteiger partial charge in [-0.05, 0) is 72.7 Å². The summed E-state index contributed by atoms with van der Waals surface area (Å²) < 4.78 is 6.73. The van der Waals surface area contributed by atoms with Gasteiger partial charge in [-0.3, -0.25) is 14.4 Å². The normalized spacial score (nSPS) is 26.7. The molecule has 0 amide bonds. The maximum absolute atomic E-state index is 12.7. The number of carbonyl (C=O) groups excluding carboxylic acids is 2. The summed E-state index contributed by atoms with van der Waals surface area (Å²) in [5.41, 5.74) is 0.122. The Labute approximate surface area is 192 Å². The molecular weight excluding hydrogens is 462 g/mol. The average Bonchev–Trinajstić information content (AvgIpc) is 2.65. The molecule has 0 saturated heterocycles. The first kappa shape index (κ1) is 24.0. The van der Waals surface area contributed by atoms with Crippen LogP contribution >= 0.6 is 15.9 Å². The van der Waals surface area contributed by atoms with Crippen LogP contribution in [0.2, 0.25) is 0 Å². The highest BCUT2D eigenvalue weighted by Crippen LogP contribution is 2.61. The average molecular weight is 496 g/mol. The number of carbonyl (C=O) groups is 2. The first-order valence-electron chi connectivity index (χ1n) is 11.1. The van der Waals surface area contributed by atoms with E-state index in [2.05, 4.69) is 47.1 Å². The standard InChI is InChI=1S/C23H34BrN3O4/c1-13-16-9-14(23(16,5)6)10-17(13)26-18-11-25-27(21(30)20(18)24)12-15(28)7-8-19(29)31-22(2,3)4/h11,13-14,16-17,26H,7-10,12H2,1-6H3/t13-,14+,16-,17-/m1/s1. The van der Waals surface area contributed by atoms with Crippen molar-refractivity contribution < 1.29 is 14.3 Å². The predicted octanol–water partition coefficient (Wildman–Crippen LogP) is 4.18. The first-order chi connectivity index (χ1) is 14.3. The number of halogens is 1. The molecule has 0 radical (unpaired) electrons. The lowest BCUT2D eigenvalue weighted by Gasteiger charge is -2.62. The Hall–Kier alpha value is -1.70. The highest BCUT2D eigenvalue weighted by Gasteiger charge is 2.56. The highest BCUT2D eigenvalue weighted by atomic mass is 79.9. The van der Waals surface area contributed by atoms with E-state index in [4.69, 9.17) is 4.74 Å². The number of Topliss-reactive ketones (excluding diaryl/α,β-unsaturated/α-hetero) is 1. The molecule has 2 bridgehead atoms. The van der Waals surface area contributed by atoms with Gasteiger partial charge in [0.25, 0.3) is 5.56 Å². The van der Waals surface area contributed by atoms with Crippen molar-refractivity contribution in [2.24, 2.45) is 23.2 Å². The van der Waals surface area contributed by atoms with Gasteiger partial charge >= 0.3 is 5.97 Å². The topological polar surface area (TPSA) is 90.3 Å². The van der Waals surface area contributed by atoms with Crippen LogP contribution < -0.4 is 10.9 Å². The molecule has 3 saturated carbocycles. The molecule has 1 aromatic heterocycles. The van der Waals surface area contributed by atoms with Crippen LogP contribution in [0, 0.1) is 23.2 Å². The molecule has 1 heterocycles. The SMILES string of the molecule is C[C@@H]1[C@H]2C[C@@H](C[C@H]1Nc1cnn(CC(=O)CCC(=O)OC(C)(C)C)c(=O)c1Br)C2(C)C. The van der Waals surface area contributed by atoms with E-state index in [1.165, 1.54) is 6.42 Å². The number of ether oxygens (including phenoxy) is 1. The van der Waals surface area contributed by atoms with Crippen molar-refractivity contribution in [3.8, 4) is 0 Å². The molecule has 1 N–H and O–H groups in total. The first-order valence-corrected chi connectivity index (χ1v) is 11.8. The number of esters is 1. The fraction of sp³-hybridized carbons (Fsp3) is 0.739. The molecule has 0 aromatic carbocycles. The van der Waals surface area contributed by atoms with Crippen LogP contribution in [0.4, 0.5) is 5.69 Å². The lowest BCUT2D eigenvalue weighted by Crippen LogP contribution is -2.58. The minimum Gasteiger partial charge on any atom is -0.460 e. The molecule has 3 fully saturated rings. The third kappa shape index (κ3) is 5.21. The number of hydrogen-bond donors (Lipinski definition) is 1. The third-order valence-electron chi connectivity index (χ3n) is 7.03. The summed E-state index contributed by atoms with van der Waals surface area (Å²) in [5, 5.41) is 7.70. The van der Waals surface area contributed by atoms with Gasteiger partial charge in [0.15, 0.2) is 5.78 Å². The van der Waals surface area contributed by atoms with Crippen molar-refractivity contribution in [1.29, 1.82) is 0 Å². The fourth-order valence-corrected chi connectivity index (χ4v) is 5.52. The Morgan fingerprint density at radius 3 is 2.55 bits per heavy atom. The maximum Gasteiger partial charge on any atom is 0.306 e. The summed E-state index contributed by atoms with van der Waals surface area (Å²) in [5.74, 6) is 1.25. The molecular formula is C23H34BrN3O4. The van der Waals surface area contributed by atoms with Gasteiger partial charge in [-0.1, -0.05) is 20.8 Å². The Morgan fingerprint density at radius 1 is 1.29 bits per heavy atom. The van der Waals surface area contributed by atoms with E-state index >= 15 is 0 Å². The summed E-state index contributed by atoms with van der Waals surface area (Å²) in [6.07, 6.45) is 3.98. The van der Waals surface area contributed by atoms with Gasteiger partial charge in [0, 0.05) is 12.5 Å². The molecule has 3 aliphatic carbocycles. The van der Waals surface area contributed by atoms with Crippen LogP contribution in [0.1, 0.15) is 67.2 Å². The monoisotopic (exact) mass is 495 g/mol. The van der Waals surface area contributed by atoms with Crippen molar-refractivity contribution >= 4 is 33.4 Å². The van der Waals surface area contributed by atoms with Crippen LogP contribution in [0.5, 0.6) is 0 Å². The van der Waals surface area contributed by atoms with E-state index in [1.807, 2.05) is 0 Å². The molecule has 172 valence electrons. The molecule has 4 rings (SSSR count).